The molecule has 11 rings (SSSR count). The van der Waals surface area contributed by atoms with E-state index < -0.39 is 0 Å². The third-order valence-electron chi connectivity index (χ3n) is 13.1. The third kappa shape index (κ3) is 4.70. The molecule has 0 unspecified atom stereocenters. The molecule has 0 aromatic heterocycles. The Kier molecular flexibility index (Phi) is 6.38. The number of hydrogen-bond acceptors (Lipinski definition) is 0. The topological polar surface area (TPSA) is 0 Å². The quantitative estimate of drug-likeness (QED) is 0.157. The predicted octanol–water partition coefficient (Wildman–Crippen LogP) is 15.7. The molecule has 1 aliphatic carbocycles. The van der Waals surface area contributed by atoms with Gasteiger partial charge in [0.1, 0.15) is 0 Å². The Bertz CT molecular complexity index is 2870. The van der Waals surface area contributed by atoms with E-state index in [1.807, 2.05) is 0 Å². The average Bonchev–Trinajstić information content (AvgIpc) is 3.39. The van der Waals surface area contributed by atoms with Crippen LogP contribution in [0.1, 0.15) is 77.6 Å². The molecule has 0 heteroatoms. The van der Waals surface area contributed by atoms with Crippen LogP contribution in [0.5, 0.6) is 0 Å². The van der Waals surface area contributed by atoms with Crippen LogP contribution in [0.25, 0.3) is 98.0 Å². The summed E-state index contributed by atoms with van der Waals surface area (Å²) in [6, 6.07) is 52.2. The van der Waals surface area contributed by atoms with Gasteiger partial charge in [0.15, 0.2) is 0 Å². The largest absolute Gasteiger partial charge is 0.0561 e. The second kappa shape index (κ2) is 10.7. The number of hydrogen-bond donors (Lipinski definition) is 0. The fraction of sp³-hybridized carbons (Fsp3) is 0.200. The highest BCUT2D eigenvalue weighted by molar-refractivity contribution is 6.25. The smallest absolute Gasteiger partial charge is 0.0159 e. The zero-order valence-electron chi connectivity index (χ0n) is 33.2. The molecule has 0 fully saturated rings. The maximum absolute atomic E-state index is 2.47. The monoisotopic (exact) mass is 706 g/mol. The van der Waals surface area contributed by atoms with Crippen LogP contribution in [0.15, 0.2) is 133 Å². The highest BCUT2D eigenvalue weighted by atomic mass is 14.4. The molecule has 0 nitrogen and oxygen atoms in total. The van der Waals surface area contributed by atoms with Gasteiger partial charge in [0.05, 0.1) is 0 Å². The lowest BCUT2D eigenvalue weighted by Crippen LogP contribution is -2.15. The van der Waals surface area contributed by atoms with Gasteiger partial charge in [-0.25, -0.2) is 0 Å². The molecule has 1 aliphatic rings. The lowest BCUT2D eigenvalue weighted by molar-refractivity contribution is 0.591. The minimum Gasteiger partial charge on any atom is -0.0561 e. The van der Waals surface area contributed by atoms with Crippen molar-refractivity contribution in [2.75, 3.05) is 0 Å². The first kappa shape index (κ1) is 32.7. The van der Waals surface area contributed by atoms with E-state index in [1.165, 1.54) is 120 Å². The van der Waals surface area contributed by atoms with E-state index in [4.69, 9.17) is 0 Å². The van der Waals surface area contributed by atoms with Crippen LogP contribution in [0.3, 0.4) is 0 Å². The van der Waals surface area contributed by atoms with E-state index in [0.29, 0.717) is 0 Å². The molecule has 10 aromatic carbocycles. The van der Waals surface area contributed by atoms with E-state index >= 15 is 0 Å². The van der Waals surface area contributed by atoms with Crippen LogP contribution >= 0.6 is 0 Å². The van der Waals surface area contributed by atoms with Gasteiger partial charge >= 0.3 is 0 Å². The summed E-state index contributed by atoms with van der Waals surface area (Å²) in [5.74, 6) is 0. The molecular weight excluding hydrogens is 661 g/mol. The summed E-state index contributed by atoms with van der Waals surface area (Å²) in [6.07, 6.45) is 0. The van der Waals surface area contributed by atoms with Crippen LogP contribution in [-0.2, 0) is 16.2 Å². The van der Waals surface area contributed by atoms with Crippen molar-refractivity contribution < 1.29 is 0 Å². The molecular formula is C55H46. The standard InChI is InChI=1S/C55H46/c1-53(2,3)43-25-37-13-9-33-21-41(22-34-10-14-38(26-43)51(37)49(33)34)31-17-19-45-46-20-18-32(30-48(46)55(7,8)47(45)29-31)42-23-35-11-15-39-27-44(54(4,5)6)28-40-16-12-36(24-42)50(35)52(39)40/h9-30H,1-8H3. The lowest BCUT2D eigenvalue weighted by atomic mass is 9.80. The fourth-order valence-corrected chi connectivity index (χ4v) is 9.97. The molecule has 0 heterocycles. The Morgan fingerprint density at radius 2 is 0.582 bits per heavy atom. The summed E-state index contributed by atoms with van der Waals surface area (Å²) in [5, 5.41) is 16.1. The highest BCUT2D eigenvalue weighted by Gasteiger charge is 2.36. The highest BCUT2D eigenvalue weighted by Crippen LogP contribution is 2.51. The van der Waals surface area contributed by atoms with Gasteiger partial charge in [-0.05, 0) is 167 Å². The second-order valence-electron chi connectivity index (χ2n) is 19.1. The first-order chi connectivity index (χ1) is 26.2. The average molecular weight is 707 g/mol. The van der Waals surface area contributed by atoms with Gasteiger partial charge < -0.3 is 0 Å². The van der Waals surface area contributed by atoms with Crippen LogP contribution in [-0.4, -0.2) is 0 Å². The molecule has 0 bridgehead atoms. The van der Waals surface area contributed by atoms with Gasteiger partial charge in [0.2, 0.25) is 0 Å². The van der Waals surface area contributed by atoms with Gasteiger partial charge in [0.25, 0.3) is 0 Å². The van der Waals surface area contributed by atoms with Gasteiger partial charge in [-0.2, -0.15) is 0 Å². The molecule has 55 heavy (non-hydrogen) atoms. The number of benzene rings is 10. The van der Waals surface area contributed by atoms with Crippen molar-refractivity contribution >= 4 is 64.6 Å². The van der Waals surface area contributed by atoms with Crippen molar-refractivity contribution in [3.8, 4) is 33.4 Å². The lowest BCUT2D eigenvalue weighted by Gasteiger charge is -2.23. The molecule has 0 N–H and O–H groups in total. The van der Waals surface area contributed by atoms with Gasteiger partial charge in [-0.1, -0.05) is 152 Å². The van der Waals surface area contributed by atoms with E-state index in [1.54, 1.807) is 0 Å². The molecule has 0 spiro atoms. The summed E-state index contributed by atoms with van der Waals surface area (Å²) < 4.78 is 0. The zero-order chi connectivity index (χ0) is 37.8. The van der Waals surface area contributed by atoms with Crippen molar-refractivity contribution in [3.63, 3.8) is 0 Å². The molecule has 0 atom stereocenters. The van der Waals surface area contributed by atoms with Gasteiger partial charge in [0, 0.05) is 5.41 Å². The van der Waals surface area contributed by atoms with Gasteiger partial charge in [-0.15, -0.1) is 0 Å². The molecule has 10 aromatic rings. The van der Waals surface area contributed by atoms with Crippen LogP contribution in [0.2, 0.25) is 0 Å². The minimum atomic E-state index is -0.127. The molecule has 0 saturated heterocycles. The van der Waals surface area contributed by atoms with Crippen LogP contribution in [0.4, 0.5) is 0 Å². The Hall–Kier alpha value is -5.72. The van der Waals surface area contributed by atoms with Crippen molar-refractivity contribution in [1.29, 1.82) is 0 Å². The van der Waals surface area contributed by atoms with Crippen molar-refractivity contribution in [2.24, 2.45) is 0 Å². The molecule has 266 valence electrons. The van der Waals surface area contributed by atoms with E-state index in [0.717, 1.165) is 0 Å². The van der Waals surface area contributed by atoms with Crippen LogP contribution in [0, 0.1) is 0 Å². The summed E-state index contributed by atoms with van der Waals surface area (Å²) >= 11 is 0. The Morgan fingerprint density at radius 3 is 0.855 bits per heavy atom. The predicted molar refractivity (Wildman–Crippen MR) is 240 cm³/mol. The number of fused-ring (bicyclic) bond motifs is 3. The number of rotatable bonds is 2. The third-order valence-corrected chi connectivity index (χ3v) is 13.1. The zero-order valence-corrected chi connectivity index (χ0v) is 33.2. The maximum atomic E-state index is 2.47. The SMILES string of the molecule is CC(C)(C)c1cc2ccc3cc(-c4ccc5c(c4)C(C)(C)c4cc(-c6cc7ccc8cc(C(C)(C)C)cc9ccc(c6)c7c89)ccc4-5)cc4ccc(c1)c2c34. The molecule has 0 aliphatic heterocycles. The van der Waals surface area contributed by atoms with E-state index in [-0.39, 0.29) is 16.2 Å². The summed E-state index contributed by atoms with van der Waals surface area (Å²) in [7, 11) is 0. The first-order valence-corrected chi connectivity index (χ1v) is 20.0. The van der Waals surface area contributed by atoms with Gasteiger partial charge in [-0.3, -0.25) is 0 Å². The van der Waals surface area contributed by atoms with E-state index in [9.17, 15) is 0 Å². The van der Waals surface area contributed by atoms with Crippen LogP contribution < -0.4 is 0 Å². The summed E-state index contributed by atoms with van der Waals surface area (Å²) in [4.78, 5) is 0. The summed E-state index contributed by atoms with van der Waals surface area (Å²) in [5.41, 5.74) is 13.5. The van der Waals surface area contributed by atoms with E-state index in [2.05, 4.69) is 189 Å². The van der Waals surface area contributed by atoms with Crippen molar-refractivity contribution in [3.05, 3.63) is 156 Å². The normalized spacial score (nSPS) is 14.3. The summed E-state index contributed by atoms with van der Waals surface area (Å²) in [6.45, 7) is 18.6. The maximum Gasteiger partial charge on any atom is 0.0159 e. The Morgan fingerprint density at radius 1 is 0.309 bits per heavy atom. The molecule has 0 radical (unpaired) electrons. The first-order valence-electron chi connectivity index (χ1n) is 20.0. The molecule has 0 saturated carbocycles. The molecule has 0 amide bonds. The Balaban J connectivity index is 0.984. The van der Waals surface area contributed by atoms with Crippen molar-refractivity contribution in [1.82, 2.24) is 0 Å². The fourth-order valence-electron chi connectivity index (χ4n) is 9.97. The Labute approximate surface area is 324 Å². The van der Waals surface area contributed by atoms with Crippen molar-refractivity contribution in [2.45, 2.75) is 71.6 Å². The minimum absolute atomic E-state index is 0.113. The second-order valence-corrected chi connectivity index (χ2v) is 19.1.